The van der Waals surface area contributed by atoms with E-state index in [1.165, 1.54) is 0 Å². The average Bonchev–Trinajstić information content (AvgIpc) is 2.44. The van der Waals surface area contributed by atoms with E-state index in [2.05, 4.69) is 9.97 Å². The Labute approximate surface area is 133 Å². The molecule has 0 aliphatic heterocycles. The van der Waals surface area contributed by atoms with Crippen molar-refractivity contribution in [2.24, 2.45) is 0 Å². The van der Waals surface area contributed by atoms with Gasteiger partial charge in [-0.05, 0) is 31.0 Å². The highest BCUT2D eigenvalue weighted by atomic mass is 35.5. The molecular weight excluding hydrogens is 319 g/mol. The average molecular weight is 334 g/mol. The van der Waals surface area contributed by atoms with Crippen LogP contribution in [0.4, 0.5) is 0 Å². The molecule has 0 bridgehead atoms. The molecule has 0 spiro atoms. The number of pyridine rings is 2. The van der Waals surface area contributed by atoms with Gasteiger partial charge in [0, 0.05) is 23.5 Å². The summed E-state index contributed by atoms with van der Waals surface area (Å²) in [6, 6.07) is 3.75. The minimum Gasteiger partial charge on any atom is -0.392 e. The Bertz CT molecular complexity index is 525. The second-order valence-electron chi connectivity index (χ2n) is 4.22. The molecule has 0 amide bonds. The summed E-state index contributed by atoms with van der Waals surface area (Å²) in [5, 5.41) is 9.60. The second kappa shape index (κ2) is 8.42. The first-order valence-electron chi connectivity index (χ1n) is 5.86. The summed E-state index contributed by atoms with van der Waals surface area (Å²) in [6.45, 7) is 3.81. The van der Waals surface area contributed by atoms with E-state index in [0.29, 0.717) is 21.7 Å². The molecule has 2 rings (SSSR count). The summed E-state index contributed by atoms with van der Waals surface area (Å²) in [7, 11) is 0. The van der Waals surface area contributed by atoms with Gasteiger partial charge in [-0.1, -0.05) is 29.3 Å². The summed E-state index contributed by atoms with van der Waals surface area (Å²) in [5.41, 5.74) is 3.67. The normalized spacial score (nSPS) is 9.90. The molecule has 0 aliphatic rings. The van der Waals surface area contributed by atoms with Crippen molar-refractivity contribution in [1.29, 1.82) is 0 Å². The van der Waals surface area contributed by atoms with Crippen LogP contribution >= 0.6 is 34.8 Å². The van der Waals surface area contributed by atoms with Gasteiger partial charge in [-0.3, -0.25) is 0 Å². The summed E-state index contributed by atoms with van der Waals surface area (Å²) in [5.74, 6) is 0.424. The van der Waals surface area contributed by atoms with Crippen LogP contribution in [-0.2, 0) is 12.5 Å². The van der Waals surface area contributed by atoms with Crippen LogP contribution in [-0.4, -0.2) is 15.1 Å². The Morgan fingerprint density at radius 3 is 1.75 bits per heavy atom. The molecule has 20 heavy (non-hydrogen) atoms. The number of nitrogens with zero attached hydrogens (tertiary/aromatic N) is 2. The van der Waals surface area contributed by atoms with Gasteiger partial charge in [0.2, 0.25) is 0 Å². The Kier molecular flexibility index (Phi) is 7.24. The molecule has 0 radical (unpaired) electrons. The minimum absolute atomic E-state index is 0.0481. The van der Waals surface area contributed by atoms with Crippen LogP contribution in [0.3, 0.4) is 0 Å². The Morgan fingerprint density at radius 1 is 0.950 bits per heavy atom. The first-order valence-corrected chi connectivity index (χ1v) is 7.15. The first-order chi connectivity index (χ1) is 9.47. The number of aromatic nitrogens is 2. The fourth-order valence-corrected chi connectivity index (χ4v) is 2.04. The zero-order valence-electron chi connectivity index (χ0n) is 11.2. The lowest BCUT2D eigenvalue weighted by molar-refractivity contribution is 0.281. The Balaban J connectivity index is 0.000000200. The van der Waals surface area contributed by atoms with Gasteiger partial charge in [-0.15, -0.1) is 11.6 Å². The number of alkyl halides is 1. The quantitative estimate of drug-likeness (QED) is 0.657. The van der Waals surface area contributed by atoms with E-state index in [1.54, 1.807) is 12.4 Å². The van der Waals surface area contributed by atoms with E-state index < -0.39 is 0 Å². The molecule has 2 aromatic rings. The van der Waals surface area contributed by atoms with Gasteiger partial charge in [-0.2, -0.15) is 0 Å². The van der Waals surface area contributed by atoms with Crippen molar-refractivity contribution in [2.45, 2.75) is 26.3 Å². The van der Waals surface area contributed by atoms with Gasteiger partial charge in [0.1, 0.15) is 10.3 Å². The van der Waals surface area contributed by atoms with Gasteiger partial charge < -0.3 is 5.11 Å². The number of aryl methyl sites for hydroxylation is 2. The van der Waals surface area contributed by atoms with E-state index in [1.807, 2.05) is 26.0 Å². The van der Waals surface area contributed by atoms with Crippen LogP contribution in [0.25, 0.3) is 0 Å². The number of aliphatic hydroxyl groups is 1. The molecule has 0 saturated carbocycles. The maximum Gasteiger partial charge on any atom is 0.134 e. The third-order valence-corrected chi connectivity index (χ3v) is 3.38. The molecule has 0 fully saturated rings. The maximum absolute atomic E-state index is 8.72. The van der Waals surface area contributed by atoms with Gasteiger partial charge in [-0.25, -0.2) is 9.97 Å². The molecule has 0 aromatic carbocycles. The second-order valence-corrected chi connectivity index (χ2v) is 5.20. The SMILES string of the molecule is Cc1cnc(Cl)c(CCl)c1.Cc1cnc(Cl)c(CO)c1. The molecule has 3 nitrogen and oxygen atoms in total. The highest BCUT2D eigenvalue weighted by Crippen LogP contribution is 2.15. The number of rotatable bonds is 2. The molecule has 0 aliphatic carbocycles. The van der Waals surface area contributed by atoms with Crippen molar-refractivity contribution in [3.63, 3.8) is 0 Å². The van der Waals surface area contributed by atoms with Gasteiger partial charge >= 0.3 is 0 Å². The molecule has 2 aromatic heterocycles. The van der Waals surface area contributed by atoms with Crippen LogP contribution in [0.15, 0.2) is 24.5 Å². The summed E-state index contributed by atoms with van der Waals surface area (Å²) < 4.78 is 0. The number of hydrogen-bond donors (Lipinski definition) is 1. The summed E-state index contributed by atoms with van der Waals surface area (Å²) in [6.07, 6.45) is 3.39. The molecule has 0 unspecified atom stereocenters. The highest BCUT2D eigenvalue weighted by molar-refractivity contribution is 6.31. The minimum atomic E-state index is -0.0481. The zero-order valence-corrected chi connectivity index (χ0v) is 13.5. The third kappa shape index (κ3) is 5.25. The summed E-state index contributed by atoms with van der Waals surface area (Å²) in [4.78, 5) is 7.79. The Morgan fingerprint density at radius 2 is 1.40 bits per heavy atom. The highest BCUT2D eigenvalue weighted by Gasteiger charge is 1.99. The maximum atomic E-state index is 8.72. The number of aliphatic hydroxyl groups excluding tert-OH is 1. The molecule has 108 valence electrons. The monoisotopic (exact) mass is 332 g/mol. The largest absolute Gasteiger partial charge is 0.392 e. The fraction of sp³-hybridized carbons (Fsp3) is 0.286. The predicted molar refractivity (Wildman–Crippen MR) is 83.4 cm³/mol. The fourth-order valence-electron chi connectivity index (χ4n) is 1.43. The molecule has 6 heteroatoms. The predicted octanol–water partition coefficient (Wildman–Crippen LogP) is 4.32. The molecule has 1 N–H and O–H groups in total. The summed E-state index contributed by atoms with van der Waals surface area (Å²) >= 11 is 16.9. The lowest BCUT2D eigenvalue weighted by atomic mass is 10.2. The van der Waals surface area contributed by atoms with Crippen LogP contribution < -0.4 is 0 Å². The third-order valence-electron chi connectivity index (χ3n) is 2.41. The lowest BCUT2D eigenvalue weighted by Crippen LogP contribution is -1.88. The van der Waals surface area contributed by atoms with Crippen LogP contribution in [0.5, 0.6) is 0 Å². The van der Waals surface area contributed by atoms with Crippen molar-refractivity contribution in [1.82, 2.24) is 9.97 Å². The number of hydrogen-bond acceptors (Lipinski definition) is 3. The van der Waals surface area contributed by atoms with E-state index in [0.717, 1.165) is 16.7 Å². The van der Waals surface area contributed by atoms with E-state index >= 15 is 0 Å². The van der Waals surface area contributed by atoms with E-state index in [9.17, 15) is 0 Å². The van der Waals surface area contributed by atoms with E-state index in [-0.39, 0.29) is 6.61 Å². The Hall–Kier alpha value is -0.870. The van der Waals surface area contributed by atoms with E-state index in [4.69, 9.17) is 39.9 Å². The van der Waals surface area contributed by atoms with Crippen molar-refractivity contribution >= 4 is 34.8 Å². The lowest BCUT2D eigenvalue weighted by Gasteiger charge is -1.98. The molecule has 2 heterocycles. The van der Waals surface area contributed by atoms with Crippen molar-refractivity contribution < 1.29 is 5.11 Å². The van der Waals surface area contributed by atoms with Gasteiger partial charge in [0.15, 0.2) is 0 Å². The van der Waals surface area contributed by atoms with Crippen molar-refractivity contribution in [3.05, 3.63) is 57.1 Å². The van der Waals surface area contributed by atoms with Crippen LogP contribution in [0.2, 0.25) is 10.3 Å². The smallest absolute Gasteiger partial charge is 0.134 e. The van der Waals surface area contributed by atoms with Gasteiger partial charge in [0.25, 0.3) is 0 Å². The standard InChI is InChI=1S/C7H7Cl2N.C7H8ClNO/c1-5-2-6(3-8)7(9)10-4-5;1-5-2-6(4-10)7(8)9-3-5/h2,4H,3H2,1H3;2-3,10H,4H2,1H3. The molecule has 0 saturated heterocycles. The topological polar surface area (TPSA) is 46.0 Å². The molecule has 0 atom stereocenters. The van der Waals surface area contributed by atoms with Crippen LogP contribution in [0, 0.1) is 13.8 Å². The van der Waals surface area contributed by atoms with Crippen molar-refractivity contribution in [3.8, 4) is 0 Å². The first kappa shape index (κ1) is 17.2. The van der Waals surface area contributed by atoms with Crippen molar-refractivity contribution in [2.75, 3.05) is 0 Å². The zero-order chi connectivity index (χ0) is 15.1. The van der Waals surface area contributed by atoms with Crippen LogP contribution in [0.1, 0.15) is 22.3 Å². The number of halogens is 3. The molecular formula is C14H15Cl3N2O. The van der Waals surface area contributed by atoms with Gasteiger partial charge in [0.05, 0.1) is 12.5 Å².